The average Bonchev–Trinajstić information content (AvgIpc) is 3.49. The molecule has 0 aliphatic carbocycles. The molecule has 2 heteroatoms. The molecule has 210 valence electrons. The van der Waals surface area contributed by atoms with E-state index in [0.717, 1.165) is 16.8 Å². The van der Waals surface area contributed by atoms with Crippen molar-refractivity contribution in [2.24, 2.45) is 0 Å². The molecule has 0 radical (unpaired) electrons. The Labute approximate surface area is 265 Å². The first-order valence-electron chi connectivity index (χ1n) is 15.3. The van der Waals surface area contributed by atoms with Gasteiger partial charge < -0.3 is 0 Å². The maximum atomic E-state index is 5.02. The van der Waals surface area contributed by atoms with Gasteiger partial charge in [-0.1, -0.05) is 140 Å². The van der Waals surface area contributed by atoms with Gasteiger partial charge in [-0.15, -0.1) is 11.3 Å². The van der Waals surface area contributed by atoms with Gasteiger partial charge in [0.05, 0.1) is 5.69 Å². The molecule has 0 aliphatic heterocycles. The molecule has 0 aliphatic rings. The highest BCUT2D eigenvalue weighted by atomic mass is 32.1. The Morgan fingerprint density at radius 1 is 0.333 bits per heavy atom. The summed E-state index contributed by atoms with van der Waals surface area (Å²) in [6.07, 6.45) is 2.05. The first-order valence-corrected chi connectivity index (χ1v) is 16.1. The van der Waals surface area contributed by atoms with Gasteiger partial charge in [0.25, 0.3) is 0 Å². The number of aromatic nitrogens is 1. The lowest BCUT2D eigenvalue weighted by Crippen LogP contribution is -1.92. The maximum Gasteiger partial charge on any atom is 0.0702 e. The summed E-state index contributed by atoms with van der Waals surface area (Å²) in [5.41, 5.74) is 9.43. The predicted octanol–water partition coefficient (Wildman–Crippen LogP) is 12.4. The summed E-state index contributed by atoms with van der Waals surface area (Å²) in [7, 11) is 0. The van der Waals surface area contributed by atoms with Crippen LogP contribution >= 0.6 is 11.3 Å². The highest BCUT2D eigenvalue weighted by molar-refractivity contribution is 7.25. The van der Waals surface area contributed by atoms with Crippen LogP contribution in [-0.2, 0) is 0 Å². The Balaban J connectivity index is 1.17. The summed E-state index contributed by atoms with van der Waals surface area (Å²) < 4.78 is 2.62. The van der Waals surface area contributed by atoms with Crippen LogP contribution in [0.1, 0.15) is 0 Å². The van der Waals surface area contributed by atoms with E-state index in [-0.39, 0.29) is 0 Å². The molecule has 9 aromatic rings. The molecule has 0 unspecified atom stereocenters. The Morgan fingerprint density at radius 3 is 1.47 bits per heavy atom. The van der Waals surface area contributed by atoms with Crippen molar-refractivity contribution in [1.29, 1.82) is 0 Å². The number of hydrogen-bond donors (Lipinski definition) is 0. The summed E-state index contributed by atoms with van der Waals surface area (Å²) in [6, 6.07) is 56.9. The van der Waals surface area contributed by atoms with E-state index in [0.29, 0.717) is 0 Å². The van der Waals surface area contributed by atoms with E-state index in [9.17, 15) is 0 Å². The lowest BCUT2D eigenvalue weighted by Gasteiger charge is -2.18. The van der Waals surface area contributed by atoms with Crippen molar-refractivity contribution in [3.8, 4) is 44.6 Å². The number of thiophene rings is 1. The Bertz CT molecular complexity index is 2450. The van der Waals surface area contributed by atoms with E-state index in [4.69, 9.17) is 4.98 Å². The molecule has 0 saturated carbocycles. The lowest BCUT2D eigenvalue weighted by molar-refractivity contribution is 1.33. The minimum Gasteiger partial charge on any atom is -0.256 e. The first-order chi connectivity index (χ1) is 22.3. The van der Waals surface area contributed by atoms with Crippen molar-refractivity contribution in [3.05, 3.63) is 164 Å². The Hall–Kier alpha value is -5.57. The summed E-state index contributed by atoms with van der Waals surface area (Å²) in [5, 5.41) is 7.60. The van der Waals surface area contributed by atoms with Crippen molar-refractivity contribution in [3.63, 3.8) is 0 Å². The minimum atomic E-state index is 0.988. The first kappa shape index (κ1) is 25.9. The van der Waals surface area contributed by atoms with Crippen molar-refractivity contribution < 1.29 is 0 Å². The molecule has 9 rings (SSSR count). The highest BCUT2D eigenvalue weighted by Crippen LogP contribution is 2.44. The van der Waals surface area contributed by atoms with E-state index in [1.165, 1.54) is 69.5 Å². The van der Waals surface area contributed by atoms with Gasteiger partial charge in [0.2, 0.25) is 0 Å². The fourth-order valence-electron chi connectivity index (χ4n) is 6.81. The number of hydrogen-bond acceptors (Lipinski definition) is 2. The van der Waals surface area contributed by atoms with Crippen LogP contribution in [0.3, 0.4) is 0 Å². The fraction of sp³-hybridized carbons (Fsp3) is 0. The number of nitrogens with zero attached hydrogens (tertiary/aromatic N) is 1. The van der Waals surface area contributed by atoms with Crippen molar-refractivity contribution in [2.75, 3.05) is 0 Å². The van der Waals surface area contributed by atoms with Crippen molar-refractivity contribution in [2.45, 2.75) is 0 Å². The normalized spacial score (nSPS) is 11.6. The van der Waals surface area contributed by atoms with Crippen LogP contribution in [0.2, 0.25) is 0 Å². The zero-order valence-corrected chi connectivity index (χ0v) is 25.3. The third-order valence-electron chi connectivity index (χ3n) is 8.94. The van der Waals surface area contributed by atoms with E-state index in [1.54, 1.807) is 0 Å². The molecule has 2 aromatic heterocycles. The van der Waals surface area contributed by atoms with Crippen LogP contribution in [0.25, 0.3) is 86.4 Å². The zero-order valence-electron chi connectivity index (χ0n) is 24.4. The van der Waals surface area contributed by atoms with E-state index in [1.807, 2.05) is 17.5 Å². The summed E-state index contributed by atoms with van der Waals surface area (Å²) >= 11 is 1.84. The molecule has 1 nitrogen and oxygen atoms in total. The number of benzene rings is 7. The second-order valence-corrected chi connectivity index (χ2v) is 12.6. The molecular weight excluding hydrogens is 563 g/mol. The number of fused-ring (bicyclic) bond motifs is 5. The van der Waals surface area contributed by atoms with Crippen LogP contribution < -0.4 is 0 Å². The van der Waals surface area contributed by atoms with Crippen molar-refractivity contribution in [1.82, 2.24) is 4.98 Å². The van der Waals surface area contributed by atoms with Gasteiger partial charge in [-0.2, -0.15) is 0 Å². The molecule has 0 bridgehead atoms. The van der Waals surface area contributed by atoms with Gasteiger partial charge in [0, 0.05) is 37.5 Å². The molecule has 0 saturated heterocycles. The largest absolute Gasteiger partial charge is 0.256 e. The smallest absolute Gasteiger partial charge is 0.0702 e. The second kappa shape index (κ2) is 10.6. The Morgan fingerprint density at radius 2 is 0.822 bits per heavy atom. The average molecular weight is 590 g/mol. The molecule has 0 atom stereocenters. The minimum absolute atomic E-state index is 0.988. The quantitative estimate of drug-likeness (QED) is 0.186. The summed E-state index contributed by atoms with van der Waals surface area (Å²) in [5.74, 6) is 0. The number of pyridine rings is 1. The molecule has 0 spiro atoms. The SMILES string of the molecule is c1ccc(-c2ccc(-c3c4ccccc4c(-c4ccc(-c5ccc6c(c5)sc5ccccc56)nc4)c4ccccc34)cc2)cc1. The van der Waals surface area contributed by atoms with Gasteiger partial charge in [-0.25, -0.2) is 0 Å². The van der Waals surface area contributed by atoms with E-state index < -0.39 is 0 Å². The topological polar surface area (TPSA) is 12.9 Å². The molecule has 0 fully saturated rings. The monoisotopic (exact) mass is 589 g/mol. The van der Waals surface area contributed by atoms with Gasteiger partial charge in [0.15, 0.2) is 0 Å². The molecule has 0 N–H and O–H groups in total. The molecule has 2 heterocycles. The second-order valence-electron chi connectivity index (χ2n) is 11.5. The van der Waals surface area contributed by atoms with Crippen LogP contribution in [0.15, 0.2) is 164 Å². The van der Waals surface area contributed by atoms with Crippen LogP contribution in [0.5, 0.6) is 0 Å². The lowest BCUT2D eigenvalue weighted by atomic mass is 9.86. The van der Waals surface area contributed by atoms with Gasteiger partial charge in [-0.05, 0) is 67.6 Å². The Kier molecular flexibility index (Phi) is 6.07. The van der Waals surface area contributed by atoms with Crippen LogP contribution in [-0.4, -0.2) is 4.98 Å². The molecular formula is C43H27NS. The maximum absolute atomic E-state index is 5.02. The van der Waals surface area contributed by atoms with Gasteiger partial charge in [-0.3, -0.25) is 4.98 Å². The number of rotatable bonds is 4. The molecule has 7 aromatic carbocycles. The van der Waals surface area contributed by atoms with E-state index >= 15 is 0 Å². The fourth-order valence-corrected chi connectivity index (χ4v) is 7.95. The van der Waals surface area contributed by atoms with Crippen LogP contribution in [0.4, 0.5) is 0 Å². The third-order valence-corrected chi connectivity index (χ3v) is 10.1. The molecule has 45 heavy (non-hydrogen) atoms. The third kappa shape index (κ3) is 4.34. The predicted molar refractivity (Wildman–Crippen MR) is 194 cm³/mol. The molecule has 0 amide bonds. The van der Waals surface area contributed by atoms with Crippen molar-refractivity contribution >= 4 is 53.1 Å². The van der Waals surface area contributed by atoms with Gasteiger partial charge >= 0.3 is 0 Å². The van der Waals surface area contributed by atoms with Gasteiger partial charge in [0.1, 0.15) is 0 Å². The highest BCUT2D eigenvalue weighted by Gasteiger charge is 2.17. The standard InChI is InChI=1S/C43H27NS/c1-2-10-28(11-3-1)29-18-20-30(21-19-29)42-35-13-4-6-15-37(35)43(38-16-7-5-14-36(38)42)32-23-25-39(44-27-32)31-22-24-34-33-12-8-9-17-40(33)45-41(34)26-31/h1-27H. The summed E-state index contributed by atoms with van der Waals surface area (Å²) in [6.45, 7) is 0. The van der Waals surface area contributed by atoms with E-state index in [2.05, 4.69) is 158 Å². The van der Waals surface area contributed by atoms with Crippen LogP contribution in [0, 0.1) is 0 Å². The summed E-state index contributed by atoms with van der Waals surface area (Å²) in [4.78, 5) is 5.02. The zero-order chi connectivity index (χ0) is 29.7.